The van der Waals surface area contributed by atoms with E-state index in [1.807, 2.05) is 19.1 Å². The van der Waals surface area contributed by atoms with Crippen molar-refractivity contribution in [1.82, 2.24) is 10.2 Å². The summed E-state index contributed by atoms with van der Waals surface area (Å²) in [6.07, 6.45) is 0. The lowest BCUT2D eigenvalue weighted by molar-refractivity contribution is 0.302. The maximum absolute atomic E-state index is 6.26. The van der Waals surface area contributed by atoms with Crippen LogP contribution in [0.5, 0.6) is 11.5 Å². The molecule has 0 atom stereocenters. The first-order chi connectivity index (χ1) is 10.2. The molecule has 0 amide bonds. The lowest BCUT2D eigenvalue weighted by atomic mass is 10.2. The number of ether oxygens (including phenoxy) is 2. The van der Waals surface area contributed by atoms with Gasteiger partial charge in [-0.1, -0.05) is 25.4 Å². The molecule has 0 spiro atoms. The normalized spacial score (nSPS) is 10.0. The molecule has 0 heterocycles. The fourth-order valence-corrected chi connectivity index (χ4v) is 2.46. The van der Waals surface area contributed by atoms with Crippen LogP contribution in [0.4, 0.5) is 0 Å². The van der Waals surface area contributed by atoms with Crippen molar-refractivity contribution in [2.75, 3.05) is 39.9 Å². The van der Waals surface area contributed by atoms with Gasteiger partial charge in [0.25, 0.3) is 0 Å². The monoisotopic (exact) mass is 386 g/mol. The molecule has 0 saturated heterocycles. The third-order valence-corrected chi connectivity index (χ3v) is 3.69. The molecule has 23 heavy (non-hydrogen) atoms. The van der Waals surface area contributed by atoms with E-state index in [-0.39, 0.29) is 24.8 Å². The number of benzene rings is 1. The van der Waals surface area contributed by atoms with Crippen molar-refractivity contribution in [1.29, 1.82) is 0 Å². The second-order valence-corrected chi connectivity index (χ2v) is 5.15. The zero-order valence-corrected chi connectivity index (χ0v) is 16.7. The molecule has 0 radical (unpaired) electrons. The predicted octanol–water partition coefficient (Wildman–Crippen LogP) is 4.02. The largest absolute Gasteiger partial charge is 0.493 e. The molecule has 1 aromatic carbocycles. The van der Waals surface area contributed by atoms with E-state index in [1.54, 1.807) is 7.11 Å². The highest BCUT2D eigenvalue weighted by Crippen LogP contribution is 2.36. The Bertz CT molecular complexity index is 430. The second-order valence-electron chi connectivity index (χ2n) is 4.75. The Balaban J connectivity index is 0. The van der Waals surface area contributed by atoms with E-state index >= 15 is 0 Å². The van der Waals surface area contributed by atoms with Gasteiger partial charge in [0.05, 0.1) is 18.7 Å². The van der Waals surface area contributed by atoms with Gasteiger partial charge in [0.2, 0.25) is 0 Å². The molecule has 0 aliphatic carbocycles. The van der Waals surface area contributed by atoms with E-state index < -0.39 is 0 Å². The molecule has 1 N–H and O–H groups in total. The highest BCUT2D eigenvalue weighted by molar-refractivity contribution is 6.32. The molecule has 0 fully saturated rings. The summed E-state index contributed by atoms with van der Waals surface area (Å²) in [6, 6.07) is 3.90. The molecule has 0 aliphatic heterocycles. The van der Waals surface area contributed by atoms with Crippen LogP contribution in [0.1, 0.15) is 26.3 Å². The van der Waals surface area contributed by atoms with Crippen molar-refractivity contribution in [2.24, 2.45) is 0 Å². The molecule has 136 valence electrons. The molecular formula is C16H29Cl3N2O2. The lowest BCUT2D eigenvalue weighted by Crippen LogP contribution is -2.31. The van der Waals surface area contributed by atoms with Crippen LogP contribution in [-0.2, 0) is 6.54 Å². The number of nitrogens with zero attached hydrogens (tertiary/aromatic N) is 1. The van der Waals surface area contributed by atoms with Gasteiger partial charge in [-0.15, -0.1) is 24.8 Å². The van der Waals surface area contributed by atoms with Crippen LogP contribution in [0.3, 0.4) is 0 Å². The number of hydrogen-bond acceptors (Lipinski definition) is 4. The van der Waals surface area contributed by atoms with Gasteiger partial charge in [0.15, 0.2) is 11.5 Å². The minimum atomic E-state index is 0. The van der Waals surface area contributed by atoms with Gasteiger partial charge < -0.3 is 19.7 Å². The molecular weight excluding hydrogens is 359 g/mol. The molecule has 0 aliphatic rings. The van der Waals surface area contributed by atoms with E-state index in [0.29, 0.717) is 23.1 Å². The SMILES string of the molecule is CCOc1c(Cl)cc(CNCCN(CC)CC)cc1OC.Cl.Cl. The van der Waals surface area contributed by atoms with Crippen LogP contribution in [0.15, 0.2) is 12.1 Å². The van der Waals surface area contributed by atoms with Gasteiger partial charge >= 0.3 is 0 Å². The van der Waals surface area contributed by atoms with Gasteiger partial charge in [0, 0.05) is 19.6 Å². The highest BCUT2D eigenvalue weighted by atomic mass is 35.5. The van der Waals surface area contributed by atoms with Crippen LogP contribution in [0.25, 0.3) is 0 Å². The minimum absolute atomic E-state index is 0. The van der Waals surface area contributed by atoms with Crippen molar-refractivity contribution in [2.45, 2.75) is 27.3 Å². The standard InChI is InChI=1S/C16H27ClN2O2.2ClH/c1-5-19(6-2)9-8-18-12-13-10-14(17)16(21-7-3)15(11-13)20-4;;/h10-11,18H,5-9,12H2,1-4H3;2*1H. The summed E-state index contributed by atoms with van der Waals surface area (Å²) in [4.78, 5) is 2.39. The second kappa shape index (κ2) is 14.0. The molecule has 1 rings (SSSR count). The minimum Gasteiger partial charge on any atom is -0.493 e. The highest BCUT2D eigenvalue weighted by Gasteiger charge is 2.11. The summed E-state index contributed by atoms with van der Waals surface area (Å²) in [5, 5.41) is 4.03. The third kappa shape index (κ3) is 8.32. The van der Waals surface area contributed by atoms with Gasteiger partial charge in [-0.05, 0) is 37.7 Å². The van der Waals surface area contributed by atoms with Gasteiger partial charge in [0.1, 0.15) is 0 Å². The Morgan fingerprint density at radius 3 is 2.30 bits per heavy atom. The first-order valence-corrected chi connectivity index (χ1v) is 7.96. The maximum Gasteiger partial charge on any atom is 0.179 e. The molecule has 7 heteroatoms. The van der Waals surface area contributed by atoms with Crippen LogP contribution >= 0.6 is 36.4 Å². The Morgan fingerprint density at radius 2 is 1.78 bits per heavy atom. The van der Waals surface area contributed by atoms with E-state index in [4.69, 9.17) is 21.1 Å². The summed E-state index contributed by atoms with van der Waals surface area (Å²) >= 11 is 6.26. The van der Waals surface area contributed by atoms with E-state index in [0.717, 1.165) is 38.3 Å². The first-order valence-electron chi connectivity index (χ1n) is 7.58. The average molecular weight is 388 g/mol. The zero-order chi connectivity index (χ0) is 15.7. The Hall–Kier alpha value is -0.390. The number of methoxy groups -OCH3 is 1. The molecule has 0 bridgehead atoms. The fourth-order valence-electron chi connectivity index (χ4n) is 2.17. The number of rotatable bonds is 10. The summed E-state index contributed by atoms with van der Waals surface area (Å²) < 4.78 is 10.9. The average Bonchev–Trinajstić information content (AvgIpc) is 2.49. The smallest absolute Gasteiger partial charge is 0.179 e. The fraction of sp³-hybridized carbons (Fsp3) is 0.625. The van der Waals surface area contributed by atoms with Crippen molar-refractivity contribution < 1.29 is 9.47 Å². The summed E-state index contributed by atoms with van der Waals surface area (Å²) in [6.45, 7) is 11.8. The van der Waals surface area contributed by atoms with Crippen molar-refractivity contribution >= 4 is 36.4 Å². The van der Waals surface area contributed by atoms with Gasteiger partial charge in [-0.3, -0.25) is 0 Å². The van der Waals surface area contributed by atoms with Crippen LogP contribution in [-0.4, -0.2) is 44.8 Å². The van der Waals surface area contributed by atoms with E-state index in [1.165, 1.54) is 0 Å². The first kappa shape index (κ1) is 24.9. The summed E-state index contributed by atoms with van der Waals surface area (Å²) in [5.74, 6) is 1.30. The number of hydrogen-bond donors (Lipinski definition) is 1. The predicted molar refractivity (Wildman–Crippen MR) is 103 cm³/mol. The molecule has 0 saturated carbocycles. The molecule has 0 unspecified atom stereocenters. The van der Waals surface area contributed by atoms with E-state index in [2.05, 4.69) is 24.1 Å². The lowest BCUT2D eigenvalue weighted by Gasteiger charge is -2.18. The topological polar surface area (TPSA) is 33.7 Å². The summed E-state index contributed by atoms with van der Waals surface area (Å²) in [7, 11) is 1.63. The number of halogens is 3. The van der Waals surface area contributed by atoms with Crippen molar-refractivity contribution in [3.05, 3.63) is 22.7 Å². The number of likely N-dealkylation sites (N-methyl/N-ethyl adjacent to an activating group) is 1. The van der Waals surface area contributed by atoms with Crippen LogP contribution < -0.4 is 14.8 Å². The van der Waals surface area contributed by atoms with Crippen molar-refractivity contribution in [3.8, 4) is 11.5 Å². The number of nitrogens with one attached hydrogen (secondary N) is 1. The Kier molecular flexibility index (Phi) is 15.1. The summed E-state index contributed by atoms with van der Waals surface area (Å²) in [5.41, 5.74) is 1.10. The van der Waals surface area contributed by atoms with Crippen LogP contribution in [0.2, 0.25) is 5.02 Å². The molecule has 0 aromatic heterocycles. The maximum atomic E-state index is 6.26. The van der Waals surface area contributed by atoms with Gasteiger partial charge in [-0.2, -0.15) is 0 Å². The molecule has 1 aromatic rings. The van der Waals surface area contributed by atoms with Crippen LogP contribution in [0, 0.1) is 0 Å². The van der Waals surface area contributed by atoms with E-state index in [9.17, 15) is 0 Å². The van der Waals surface area contributed by atoms with Gasteiger partial charge in [-0.25, -0.2) is 0 Å². The van der Waals surface area contributed by atoms with Crippen molar-refractivity contribution in [3.63, 3.8) is 0 Å². The Morgan fingerprint density at radius 1 is 1.13 bits per heavy atom. The zero-order valence-electron chi connectivity index (χ0n) is 14.4. The Labute approximate surface area is 157 Å². The third-order valence-electron chi connectivity index (χ3n) is 3.41. The molecule has 4 nitrogen and oxygen atoms in total. The quantitative estimate of drug-likeness (QED) is 0.615.